The first kappa shape index (κ1) is 15.5. The molecule has 0 aliphatic carbocycles. The van der Waals surface area contributed by atoms with Crippen molar-refractivity contribution in [3.8, 4) is 0 Å². The molecule has 114 valence electrons. The predicted octanol–water partition coefficient (Wildman–Crippen LogP) is 2.29. The van der Waals surface area contributed by atoms with Crippen molar-refractivity contribution in [3.05, 3.63) is 24.0 Å². The minimum absolute atomic E-state index is 0.239. The van der Waals surface area contributed by atoms with Crippen molar-refractivity contribution in [2.45, 2.75) is 52.5 Å². The maximum Gasteiger partial charge on any atom is 0.0881 e. The van der Waals surface area contributed by atoms with E-state index in [0.29, 0.717) is 6.04 Å². The van der Waals surface area contributed by atoms with Gasteiger partial charge in [0.2, 0.25) is 0 Å². The number of aliphatic hydroxyl groups excluding tert-OH is 1. The highest BCUT2D eigenvalue weighted by Gasteiger charge is 2.22. The predicted molar refractivity (Wildman–Crippen MR) is 80.7 cm³/mol. The van der Waals surface area contributed by atoms with E-state index >= 15 is 0 Å². The monoisotopic (exact) mass is 280 g/mol. The highest BCUT2D eigenvalue weighted by molar-refractivity contribution is 5.14. The van der Waals surface area contributed by atoms with Crippen molar-refractivity contribution in [3.63, 3.8) is 0 Å². The SMILES string of the molecule is CC(C)C(O)c1ccn(CC2CN(C(C)C)CCO2)c1. The van der Waals surface area contributed by atoms with Crippen LogP contribution in [0.25, 0.3) is 0 Å². The van der Waals surface area contributed by atoms with Crippen LogP contribution in [0.2, 0.25) is 0 Å². The summed E-state index contributed by atoms with van der Waals surface area (Å²) in [6, 6.07) is 2.58. The molecule has 1 aromatic rings. The Morgan fingerprint density at radius 1 is 1.35 bits per heavy atom. The summed E-state index contributed by atoms with van der Waals surface area (Å²) in [6.45, 7) is 12.2. The summed E-state index contributed by atoms with van der Waals surface area (Å²) in [7, 11) is 0. The topological polar surface area (TPSA) is 37.6 Å². The molecule has 4 nitrogen and oxygen atoms in total. The number of aliphatic hydroxyl groups is 1. The first-order valence-corrected chi connectivity index (χ1v) is 7.66. The van der Waals surface area contributed by atoms with Crippen molar-refractivity contribution < 1.29 is 9.84 Å². The third kappa shape index (κ3) is 3.84. The zero-order valence-corrected chi connectivity index (χ0v) is 13.1. The van der Waals surface area contributed by atoms with Crippen molar-refractivity contribution in [1.82, 2.24) is 9.47 Å². The highest BCUT2D eigenvalue weighted by Crippen LogP contribution is 2.22. The van der Waals surface area contributed by atoms with E-state index in [0.717, 1.165) is 31.8 Å². The van der Waals surface area contributed by atoms with Crippen molar-refractivity contribution >= 4 is 0 Å². The summed E-state index contributed by atoms with van der Waals surface area (Å²) in [5, 5.41) is 10.1. The zero-order chi connectivity index (χ0) is 14.7. The molecule has 1 aliphatic rings. The molecule has 1 aliphatic heterocycles. The Morgan fingerprint density at radius 2 is 2.10 bits per heavy atom. The van der Waals surface area contributed by atoms with Gasteiger partial charge >= 0.3 is 0 Å². The number of morpholine rings is 1. The highest BCUT2D eigenvalue weighted by atomic mass is 16.5. The molecule has 0 radical (unpaired) electrons. The van der Waals surface area contributed by atoms with Crippen LogP contribution in [0.3, 0.4) is 0 Å². The fraction of sp³-hybridized carbons (Fsp3) is 0.750. The minimum Gasteiger partial charge on any atom is -0.388 e. The van der Waals surface area contributed by atoms with E-state index in [1.807, 2.05) is 32.3 Å². The fourth-order valence-corrected chi connectivity index (χ4v) is 2.69. The Hall–Kier alpha value is -0.840. The van der Waals surface area contributed by atoms with Gasteiger partial charge in [0, 0.05) is 38.1 Å². The number of hydrogen-bond acceptors (Lipinski definition) is 3. The van der Waals surface area contributed by atoms with Crippen LogP contribution in [0.15, 0.2) is 18.5 Å². The van der Waals surface area contributed by atoms with Gasteiger partial charge in [-0.1, -0.05) is 13.8 Å². The van der Waals surface area contributed by atoms with E-state index in [1.54, 1.807) is 0 Å². The second-order valence-electron chi connectivity index (χ2n) is 6.41. The van der Waals surface area contributed by atoms with Crippen LogP contribution >= 0.6 is 0 Å². The van der Waals surface area contributed by atoms with Crippen molar-refractivity contribution in [2.24, 2.45) is 5.92 Å². The van der Waals surface area contributed by atoms with Gasteiger partial charge in [0.15, 0.2) is 0 Å². The number of ether oxygens (including phenoxy) is 1. The van der Waals surface area contributed by atoms with E-state index in [4.69, 9.17) is 4.74 Å². The number of aromatic nitrogens is 1. The molecule has 2 unspecified atom stereocenters. The normalized spacial score (nSPS) is 22.6. The molecule has 0 amide bonds. The Morgan fingerprint density at radius 3 is 2.75 bits per heavy atom. The molecule has 20 heavy (non-hydrogen) atoms. The van der Waals surface area contributed by atoms with Crippen LogP contribution in [-0.4, -0.2) is 46.4 Å². The van der Waals surface area contributed by atoms with Crippen LogP contribution in [0.5, 0.6) is 0 Å². The summed E-state index contributed by atoms with van der Waals surface area (Å²) in [5.74, 6) is 0.244. The first-order chi connectivity index (χ1) is 9.47. The van der Waals surface area contributed by atoms with Gasteiger partial charge in [-0.3, -0.25) is 4.90 Å². The molecule has 4 heteroatoms. The first-order valence-electron chi connectivity index (χ1n) is 7.66. The van der Waals surface area contributed by atoms with E-state index in [2.05, 4.69) is 23.3 Å². The van der Waals surface area contributed by atoms with Crippen LogP contribution < -0.4 is 0 Å². The fourth-order valence-electron chi connectivity index (χ4n) is 2.69. The van der Waals surface area contributed by atoms with Gasteiger partial charge in [-0.15, -0.1) is 0 Å². The van der Waals surface area contributed by atoms with E-state index in [1.165, 1.54) is 0 Å². The summed E-state index contributed by atoms with van der Waals surface area (Å²) in [4.78, 5) is 2.46. The van der Waals surface area contributed by atoms with Gasteiger partial charge < -0.3 is 14.4 Å². The van der Waals surface area contributed by atoms with E-state index in [9.17, 15) is 5.11 Å². The molecule has 0 spiro atoms. The Balaban J connectivity index is 1.93. The minimum atomic E-state index is -0.379. The lowest BCUT2D eigenvalue weighted by Crippen LogP contribution is -2.47. The van der Waals surface area contributed by atoms with Crippen LogP contribution in [0, 0.1) is 5.92 Å². The third-order valence-corrected chi connectivity index (χ3v) is 4.06. The molecular weight excluding hydrogens is 252 g/mol. The van der Waals surface area contributed by atoms with Crippen molar-refractivity contribution in [2.75, 3.05) is 19.7 Å². The largest absolute Gasteiger partial charge is 0.388 e. The molecule has 2 rings (SSSR count). The van der Waals surface area contributed by atoms with E-state index < -0.39 is 0 Å². The lowest BCUT2D eigenvalue weighted by Gasteiger charge is -2.35. The molecule has 2 heterocycles. The van der Waals surface area contributed by atoms with Crippen LogP contribution in [-0.2, 0) is 11.3 Å². The number of nitrogens with zero attached hydrogens (tertiary/aromatic N) is 2. The molecule has 2 atom stereocenters. The second-order valence-corrected chi connectivity index (χ2v) is 6.41. The maximum atomic E-state index is 10.1. The lowest BCUT2D eigenvalue weighted by atomic mass is 10.0. The molecule has 0 aromatic carbocycles. The lowest BCUT2D eigenvalue weighted by molar-refractivity contribution is -0.0456. The summed E-state index contributed by atoms with van der Waals surface area (Å²) in [5.41, 5.74) is 0.997. The Kier molecular flexibility index (Phi) is 5.24. The second kappa shape index (κ2) is 6.74. The smallest absolute Gasteiger partial charge is 0.0881 e. The van der Waals surface area contributed by atoms with Gasteiger partial charge in [0.1, 0.15) is 0 Å². The Bertz CT molecular complexity index is 414. The zero-order valence-electron chi connectivity index (χ0n) is 13.1. The molecule has 1 N–H and O–H groups in total. The molecule has 1 saturated heterocycles. The maximum absolute atomic E-state index is 10.1. The van der Waals surface area contributed by atoms with Crippen LogP contribution in [0.1, 0.15) is 39.4 Å². The molecule has 1 aromatic heterocycles. The van der Waals surface area contributed by atoms with Gasteiger partial charge in [0.25, 0.3) is 0 Å². The Labute approximate surface area is 122 Å². The number of hydrogen-bond donors (Lipinski definition) is 1. The average Bonchev–Trinajstić information content (AvgIpc) is 2.86. The molecule has 1 fully saturated rings. The summed E-state index contributed by atoms with van der Waals surface area (Å²) < 4.78 is 7.99. The van der Waals surface area contributed by atoms with Gasteiger partial charge in [-0.25, -0.2) is 0 Å². The number of rotatable bonds is 5. The summed E-state index contributed by atoms with van der Waals surface area (Å²) in [6.07, 6.45) is 3.94. The summed E-state index contributed by atoms with van der Waals surface area (Å²) >= 11 is 0. The molecule has 0 bridgehead atoms. The molecule has 0 saturated carbocycles. The van der Waals surface area contributed by atoms with Crippen LogP contribution in [0.4, 0.5) is 0 Å². The quantitative estimate of drug-likeness (QED) is 0.899. The van der Waals surface area contributed by atoms with E-state index in [-0.39, 0.29) is 18.1 Å². The van der Waals surface area contributed by atoms with Gasteiger partial charge in [0.05, 0.1) is 18.8 Å². The van der Waals surface area contributed by atoms with Gasteiger partial charge in [-0.05, 0) is 31.4 Å². The van der Waals surface area contributed by atoms with Crippen molar-refractivity contribution in [1.29, 1.82) is 0 Å². The molecular formula is C16H28N2O2. The average molecular weight is 280 g/mol. The standard InChI is InChI=1S/C16H28N2O2/c1-12(2)16(19)14-5-6-17(9-14)10-15-11-18(13(3)4)7-8-20-15/h5-6,9,12-13,15-16,19H,7-8,10-11H2,1-4H3. The van der Waals surface area contributed by atoms with Gasteiger partial charge in [-0.2, -0.15) is 0 Å². The third-order valence-electron chi connectivity index (χ3n) is 4.06.